The monoisotopic (exact) mass is 399 g/mol. The van der Waals surface area contributed by atoms with Crippen LogP contribution < -0.4 is 5.32 Å². The van der Waals surface area contributed by atoms with Gasteiger partial charge in [-0.25, -0.2) is 0 Å². The number of anilines is 1. The SMILES string of the molecule is CC1CCN(C(=O)Cn2cc(/C=C3/C(=O)Nc4ccccc43)c3ccccc32)CC1. The van der Waals surface area contributed by atoms with Crippen molar-refractivity contribution < 1.29 is 9.59 Å². The van der Waals surface area contributed by atoms with Gasteiger partial charge in [-0.1, -0.05) is 43.3 Å². The average Bonchev–Trinajstić information content (AvgIpc) is 3.26. The van der Waals surface area contributed by atoms with E-state index in [0.29, 0.717) is 18.0 Å². The molecule has 0 saturated carbocycles. The summed E-state index contributed by atoms with van der Waals surface area (Å²) < 4.78 is 2.01. The van der Waals surface area contributed by atoms with E-state index in [4.69, 9.17) is 0 Å². The van der Waals surface area contributed by atoms with Gasteiger partial charge >= 0.3 is 0 Å². The highest BCUT2D eigenvalue weighted by atomic mass is 16.2. The van der Waals surface area contributed by atoms with Crippen LogP contribution in [0, 0.1) is 5.92 Å². The van der Waals surface area contributed by atoms with Crippen molar-refractivity contribution in [2.24, 2.45) is 5.92 Å². The van der Waals surface area contributed by atoms with Gasteiger partial charge in [-0.05, 0) is 37.0 Å². The number of amides is 2. The summed E-state index contributed by atoms with van der Waals surface area (Å²) in [6.45, 7) is 4.25. The van der Waals surface area contributed by atoms with Crippen molar-refractivity contribution in [1.82, 2.24) is 9.47 Å². The second-order valence-electron chi connectivity index (χ2n) is 8.35. The predicted octanol–water partition coefficient (Wildman–Crippen LogP) is 4.39. The maximum Gasteiger partial charge on any atom is 0.256 e. The number of likely N-dealkylation sites (tertiary alicyclic amines) is 1. The number of benzene rings is 2. The van der Waals surface area contributed by atoms with Crippen LogP contribution in [0.4, 0.5) is 5.69 Å². The fourth-order valence-corrected chi connectivity index (χ4v) is 4.46. The first-order chi connectivity index (χ1) is 14.6. The Hall–Kier alpha value is -3.34. The number of hydrogen-bond donors (Lipinski definition) is 1. The number of aromatic nitrogens is 1. The molecule has 2 amide bonds. The largest absolute Gasteiger partial charge is 0.341 e. The van der Waals surface area contributed by atoms with E-state index in [1.807, 2.05) is 70.3 Å². The third-order valence-electron chi connectivity index (χ3n) is 6.27. The number of fused-ring (bicyclic) bond motifs is 2. The average molecular weight is 399 g/mol. The minimum absolute atomic E-state index is 0.0912. The van der Waals surface area contributed by atoms with E-state index in [1.165, 1.54) is 0 Å². The molecule has 0 spiro atoms. The molecule has 5 rings (SSSR count). The first-order valence-electron chi connectivity index (χ1n) is 10.6. The Morgan fingerprint density at radius 3 is 2.67 bits per heavy atom. The molecule has 2 aliphatic rings. The standard InChI is InChI=1S/C25H25N3O2/c1-17-10-12-27(13-11-17)24(29)16-28-15-18(19-6-3-5-9-23(19)28)14-21-20-7-2-4-8-22(20)26-25(21)30/h2-9,14-15,17H,10-13,16H2,1H3,(H,26,30)/b21-14+. The van der Waals surface area contributed by atoms with Crippen molar-refractivity contribution >= 4 is 40.1 Å². The summed E-state index contributed by atoms with van der Waals surface area (Å²) >= 11 is 0. The fourth-order valence-electron chi connectivity index (χ4n) is 4.46. The topological polar surface area (TPSA) is 54.3 Å². The minimum Gasteiger partial charge on any atom is -0.341 e. The second kappa shape index (κ2) is 7.48. The molecule has 5 nitrogen and oxygen atoms in total. The highest BCUT2D eigenvalue weighted by Gasteiger charge is 2.25. The predicted molar refractivity (Wildman–Crippen MR) is 120 cm³/mol. The van der Waals surface area contributed by atoms with E-state index in [-0.39, 0.29) is 11.8 Å². The van der Waals surface area contributed by atoms with E-state index in [2.05, 4.69) is 12.2 Å². The maximum absolute atomic E-state index is 12.9. The first kappa shape index (κ1) is 18.7. The third kappa shape index (κ3) is 3.30. The van der Waals surface area contributed by atoms with E-state index in [1.54, 1.807) is 0 Å². The van der Waals surface area contributed by atoms with Crippen molar-refractivity contribution in [3.63, 3.8) is 0 Å². The van der Waals surface area contributed by atoms with Gasteiger partial charge in [-0.15, -0.1) is 0 Å². The van der Waals surface area contributed by atoms with Crippen molar-refractivity contribution in [3.8, 4) is 0 Å². The molecule has 5 heteroatoms. The van der Waals surface area contributed by atoms with Crippen molar-refractivity contribution in [1.29, 1.82) is 0 Å². The van der Waals surface area contributed by atoms with E-state index in [9.17, 15) is 9.59 Å². The molecule has 0 atom stereocenters. The zero-order valence-corrected chi connectivity index (χ0v) is 17.1. The summed E-state index contributed by atoms with van der Waals surface area (Å²) in [6.07, 6.45) is 6.08. The molecule has 1 N–H and O–H groups in total. The molecule has 3 aromatic rings. The highest BCUT2D eigenvalue weighted by molar-refractivity contribution is 6.35. The van der Waals surface area contributed by atoms with Crippen molar-refractivity contribution in [2.45, 2.75) is 26.3 Å². The molecule has 30 heavy (non-hydrogen) atoms. The molecular weight excluding hydrogens is 374 g/mol. The molecule has 1 aromatic heterocycles. The number of para-hydroxylation sites is 2. The van der Waals surface area contributed by atoms with Crippen LogP contribution in [-0.2, 0) is 16.1 Å². The van der Waals surface area contributed by atoms with Crippen molar-refractivity contribution in [2.75, 3.05) is 18.4 Å². The number of carbonyl (C=O) groups is 2. The molecule has 0 radical (unpaired) electrons. The lowest BCUT2D eigenvalue weighted by molar-refractivity contribution is -0.133. The van der Waals surface area contributed by atoms with E-state index < -0.39 is 0 Å². The molecule has 1 saturated heterocycles. The Bertz CT molecular complexity index is 1170. The van der Waals surface area contributed by atoms with Gasteiger partial charge in [0.25, 0.3) is 5.91 Å². The van der Waals surface area contributed by atoms with Gasteiger partial charge in [0.15, 0.2) is 0 Å². The Balaban J connectivity index is 1.49. The summed E-state index contributed by atoms with van der Waals surface area (Å²) in [7, 11) is 0. The lowest BCUT2D eigenvalue weighted by atomic mass is 9.99. The molecule has 152 valence electrons. The lowest BCUT2D eigenvalue weighted by Gasteiger charge is -2.30. The number of hydrogen-bond acceptors (Lipinski definition) is 2. The summed E-state index contributed by atoms with van der Waals surface area (Å²) in [5.74, 6) is 0.762. The fraction of sp³-hybridized carbons (Fsp3) is 0.280. The van der Waals surface area contributed by atoms with Crippen LogP contribution in [-0.4, -0.2) is 34.4 Å². The van der Waals surface area contributed by atoms with Gasteiger partial charge in [-0.2, -0.15) is 0 Å². The highest BCUT2D eigenvalue weighted by Crippen LogP contribution is 2.34. The Morgan fingerprint density at radius 2 is 1.83 bits per heavy atom. The number of rotatable bonds is 3. The van der Waals surface area contributed by atoms with Crippen LogP contribution in [0.2, 0.25) is 0 Å². The maximum atomic E-state index is 12.9. The normalized spacial score (nSPS) is 18.1. The van der Waals surface area contributed by atoms with Crippen LogP contribution in [0.5, 0.6) is 0 Å². The zero-order chi connectivity index (χ0) is 20.7. The molecule has 2 aromatic carbocycles. The quantitative estimate of drug-likeness (QED) is 0.664. The van der Waals surface area contributed by atoms with Crippen LogP contribution >= 0.6 is 0 Å². The van der Waals surface area contributed by atoms with Crippen molar-refractivity contribution in [3.05, 3.63) is 65.9 Å². The molecule has 0 bridgehead atoms. The molecule has 1 fully saturated rings. The number of nitrogens with one attached hydrogen (secondary N) is 1. The summed E-state index contributed by atoms with van der Waals surface area (Å²) in [5, 5.41) is 3.97. The van der Waals surface area contributed by atoms with Gasteiger partial charge in [0.05, 0.1) is 0 Å². The van der Waals surface area contributed by atoms with E-state index >= 15 is 0 Å². The second-order valence-corrected chi connectivity index (χ2v) is 8.35. The zero-order valence-electron chi connectivity index (χ0n) is 17.1. The molecule has 0 unspecified atom stereocenters. The molecule has 3 heterocycles. The summed E-state index contributed by atoms with van der Waals surface area (Å²) in [4.78, 5) is 27.4. The Labute approximate surface area is 176 Å². The van der Waals surface area contributed by atoms with Gasteiger partial charge in [-0.3, -0.25) is 9.59 Å². The van der Waals surface area contributed by atoms with E-state index in [0.717, 1.165) is 53.6 Å². The van der Waals surface area contributed by atoms with Gasteiger partial charge in [0.2, 0.25) is 5.91 Å². The molecule has 2 aliphatic heterocycles. The summed E-state index contributed by atoms with van der Waals surface area (Å²) in [6, 6.07) is 15.8. The van der Waals surface area contributed by atoms with Gasteiger partial charge in [0.1, 0.15) is 6.54 Å². The number of piperidine rings is 1. The minimum atomic E-state index is -0.0912. The lowest BCUT2D eigenvalue weighted by Crippen LogP contribution is -2.39. The van der Waals surface area contributed by atoms with Crippen LogP contribution in [0.25, 0.3) is 22.6 Å². The smallest absolute Gasteiger partial charge is 0.256 e. The number of carbonyl (C=O) groups excluding carboxylic acids is 2. The molecule has 0 aliphatic carbocycles. The number of nitrogens with zero attached hydrogens (tertiary/aromatic N) is 2. The van der Waals surface area contributed by atoms with Crippen LogP contribution in [0.1, 0.15) is 30.9 Å². The van der Waals surface area contributed by atoms with Gasteiger partial charge in [0, 0.05) is 52.6 Å². The summed E-state index contributed by atoms with van der Waals surface area (Å²) in [5.41, 5.74) is 4.37. The van der Waals surface area contributed by atoms with Gasteiger partial charge < -0.3 is 14.8 Å². The third-order valence-corrected chi connectivity index (χ3v) is 6.27. The Morgan fingerprint density at radius 1 is 1.10 bits per heavy atom. The Kier molecular flexibility index (Phi) is 4.66. The van der Waals surface area contributed by atoms with Crippen LogP contribution in [0.3, 0.4) is 0 Å². The first-order valence-corrected chi connectivity index (χ1v) is 10.6. The molecular formula is C25H25N3O2. The van der Waals surface area contributed by atoms with Crippen LogP contribution in [0.15, 0.2) is 54.7 Å².